The van der Waals surface area contributed by atoms with Crippen molar-refractivity contribution in [2.75, 3.05) is 0 Å². The van der Waals surface area contributed by atoms with Gasteiger partial charge >= 0.3 is 0 Å². The van der Waals surface area contributed by atoms with Crippen molar-refractivity contribution in [1.29, 1.82) is 0 Å². The number of halogens is 1. The average Bonchev–Trinajstić information content (AvgIpc) is 2.28. The van der Waals surface area contributed by atoms with Gasteiger partial charge in [-0.3, -0.25) is 10.1 Å². The number of carbonyl (C=O) groups is 1. The first-order valence-corrected chi connectivity index (χ1v) is 6.00. The smallest absolute Gasteiger partial charge is 0.223 e. The second kappa shape index (κ2) is 5.27. The van der Waals surface area contributed by atoms with Crippen LogP contribution in [-0.4, -0.2) is 11.9 Å². The van der Waals surface area contributed by atoms with Crippen LogP contribution < -0.4 is 10.6 Å². The lowest BCUT2D eigenvalue weighted by atomic mass is 10.0. The Morgan fingerprint density at radius 3 is 3.00 bits per heavy atom. The summed E-state index contributed by atoms with van der Waals surface area (Å²) in [7, 11) is 0. The van der Waals surface area contributed by atoms with Crippen molar-refractivity contribution in [2.24, 2.45) is 0 Å². The van der Waals surface area contributed by atoms with Gasteiger partial charge in [0.25, 0.3) is 0 Å². The lowest BCUT2D eigenvalue weighted by Gasteiger charge is -2.31. The molecule has 1 saturated heterocycles. The highest BCUT2D eigenvalue weighted by Gasteiger charge is 2.26. The van der Waals surface area contributed by atoms with Crippen LogP contribution in [0.25, 0.3) is 0 Å². The standard InChI is InChI=1S/C13H17FN2O/c1-2-4-11-8-12(17)16-13(15-11)9-5-3-6-10(14)7-9/h3,5-7,11,13,15H,2,4,8H2,1H3,(H,16,17). The highest BCUT2D eigenvalue weighted by atomic mass is 19.1. The van der Waals surface area contributed by atoms with Gasteiger partial charge in [-0.2, -0.15) is 0 Å². The monoisotopic (exact) mass is 236 g/mol. The number of nitrogens with one attached hydrogen (secondary N) is 2. The Morgan fingerprint density at radius 1 is 1.47 bits per heavy atom. The first kappa shape index (κ1) is 12.0. The Hall–Kier alpha value is -1.42. The van der Waals surface area contributed by atoms with Crippen molar-refractivity contribution in [3.05, 3.63) is 35.6 Å². The molecule has 2 rings (SSSR count). The zero-order valence-electron chi connectivity index (χ0n) is 9.87. The van der Waals surface area contributed by atoms with E-state index in [0.29, 0.717) is 6.42 Å². The summed E-state index contributed by atoms with van der Waals surface area (Å²) in [6.07, 6.45) is 2.21. The van der Waals surface area contributed by atoms with Crippen molar-refractivity contribution in [3.8, 4) is 0 Å². The molecule has 2 atom stereocenters. The van der Waals surface area contributed by atoms with Crippen LogP contribution in [0.3, 0.4) is 0 Å². The van der Waals surface area contributed by atoms with Crippen molar-refractivity contribution < 1.29 is 9.18 Å². The van der Waals surface area contributed by atoms with E-state index in [9.17, 15) is 9.18 Å². The molecule has 1 fully saturated rings. The molecule has 0 saturated carbocycles. The molecule has 0 radical (unpaired) electrons. The number of hydrogen-bond donors (Lipinski definition) is 2. The minimum absolute atomic E-state index is 0.0245. The zero-order chi connectivity index (χ0) is 12.3. The average molecular weight is 236 g/mol. The van der Waals surface area contributed by atoms with Crippen LogP contribution in [-0.2, 0) is 4.79 Å². The van der Waals surface area contributed by atoms with Crippen LogP contribution in [0.15, 0.2) is 24.3 Å². The second-order valence-corrected chi connectivity index (χ2v) is 4.41. The Labute approximate surface area is 100 Å². The van der Waals surface area contributed by atoms with Crippen LogP contribution in [0.5, 0.6) is 0 Å². The number of hydrogen-bond acceptors (Lipinski definition) is 2. The number of carbonyl (C=O) groups excluding carboxylic acids is 1. The summed E-state index contributed by atoms with van der Waals surface area (Å²) in [5, 5.41) is 6.16. The summed E-state index contributed by atoms with van der Waals surface area (Å²) in [6, 6.07) is 6.50. The first-order chi connectivity index (χ1) is 8.19. The molecule has 17 heavy (non-hydrogen) atoms. The van der Waals surface area contributed by atoms with Gasteiger partial charge in [-0.1, -0.05) is 25.5 Å². The van der Waals surface area contributed by atoms with E-state index >= 15 is 0 Å². The molecule has 1 amide bonds. The van der Waals surface area contributed by atoms with E-state index in [-0.39, 0.29) is 23.9 Å². The first-order valence-electron chi connectivity index (χ1n) is 6.00. The van der Waals surface area contributed by atoms with Gasteiger partial charge in [0.2, 0.25) is 5.91 Å². The Morgan fingerprint density at radius 2 is 2.29 bits per heavy atom. The van der Waals surface area contributed by atoms with Gasteiger partial charge in [-0.15, -0.1) is 0 Å². The Bertz CT molecular complexity index is 408. The van der Waals surface area contributed by atoms with Crippen molar-refractivity contribution >= 4 is 5.91 Å². The SMILES string of the molecule is CCCC1CC(=O)NC(c2cccc(F)c2)N1. The van der Waals surface area contributed by atoms with Crippen molar-refractivity contribution in [2.45, 2.75) is 38.4 Å². The van der Waals surface area contributed by atoms with Crippen LogP contribution in [0.1, 0.15) is 37.9 Å². The largest absolute Gasteiger partial charge is 0.337 e. The molecule has 92 valence electrons. The minimum atomic E-state index is -0.281. The fourth-order valence-electron chi connectivity index (χ4n) is 2.18. The molecule has 1 aliphatic rings. The molecule has 2 N–H and O–H groups in total. The number of benzene rings is 1. The third-order valence-electron chi connectivity index (χ3n) is 2.96. The Kier molecular flexibility index (Phi) is 3.74. The summed E-state index contributed by atoms with van der Waals surface area (Å²) in [4.78, 5) is 11.6. The summed E-state index contributed by atoms with van der Waals surface area (Å²) in [5.74, 6) is -0.257. The van der Waals surface area contributed by atoms with Gasteiger partial charge in [0.05, 0.1) is 0 Å². The third-order valence-corrected chi connectivity index (χ3v) is 2.96. The van der Waals surface area contributed by atoms with Crippen LogP contribution in [0.2, 0.25) is 0 Å². The fourth-order valence-corrected chi connectivity index (χ4v) is 2.18. The predicted octanol–water partition coefficient (Wildman–Crippen LogP) is 2.10. The predicted molar refractivity (Wildman–Crippen MR) is 63.7 cm³/mol. The van der Waals surface area contributed by atoms with Crippen LogP contribution in [0.4, 0.5) is 4.39 Å². The lowest BCUT2D eigenvalue weighted by Crippen LogP contribution is -2.50. The fraction of sp³-hybridized carbons (Fsp3) is 0.462. The van der Waals surface area contributed by atoms with E-state index in [1.54, 1.807) is 6.07 Å². The summed E-state index contributed by atoms with van der Waals surface area (Å²) in [6.45, 7) is 2.09. The van der Waals surface area contributed by atoms with E-state index < -0.39 is 0 Å². The zero-order valence-corrected chi connectivity index (χ0v) is 9.87. The van der Waals surface area contributed by atoms with E-state index in [2.05, 4.69) is 17.6 Å². The van der Waals surface area contributed by atoms with E-state index in [1.807, 2.05) is 6.07 Å². The van der Waals surface area contributed by atoms with E-state index in [4.69, 9.17) is 0 Å². The topological polar surface area (TPSA) is 41.1 Å². The molecule has 1 aromatic rings. The molecule has 1 aliphatic heterocycles. The van der Waals surface area contributed by atoms with Crippen LogP contribution in [0, 0.1) is 5.82 Å². The van der Waals surface area contributed by atoms with Gasteiger partial charge in [0.1, 0.15) is 12.0 Å². The lowest BCUT2D eigenvalue weighted by molar-refractivity contribution is -0.124. The van der Waals surface area contributed by atoms with Gasteiger partial charge in [0.15, 0.2) is 0 Å². The highest BCUT2D eigenvalue weighted by Crippen LogP contribution is 2.18. The molecule has 0 bridgehead atoms. The highest BCUT2D eigenvalue weighted by molar-refractivity contribution is 5.77. The van der Waals surface area contributed by atoms with E-state index in [0.717, 1.165) is 18.4 Å². The summed E-state index contributed by atoms with van der Waals surface area (Å²) in [5.41, 5.74) is 0.763. The molecule has 1 heterocycles. The molecular formula is C13H17FN2O. The molecule has 2 unspecified atom stereocenters. The molecule has 0 aliphatic carbocycles. The molecular weight excluding hydrogens is 219 g/mol. The molecule has 4 heteroatoms. The van der Waals surface area contributed by atoms with E-state index in [1.165, 1.54) is 12.1 Å². The Balaban J connectivity index is 2.12. The summed E-state index contributed by atoms with van der Waals surface area (Å²) < 4.78 is 13.1. The number of rotatable bonds is 3. The second-order valence-electron chi connectivity index (χ2n) is 4.41. The minimum Gasteiger partial charge on any atom is -0.337 e. The maximum absolute atomic E-state index is 13.1. The molecule has 1 aromatic carbocycles. The molecule has 0 aromatic heterocycles. The van der Waals surface area contributed by atoms with Crippen molar-refractivity contribution in [3.63, 3.8) is 0 Å². The quantitative estimate of drug-likeness (QED) is 0.844. The van der Waals surface area contributed by atoms with Gasteiger partial charge < -0.3 is 5.32 Å². The maximum atomic E-state index is 13.1. The van der Waals surface area contributed by atoms with Crippen LogP contribution >= 0.6 is 0 Å². The maximum Gasteiger partial charge on any atom is 0.223 e. The van der Waals surface area contributed by atoms with Crippen molar-refractivity contribution in [1.82, 2.24) is 10.6 Å². The van der Waals surface area contributed by atoms with Gasteiger partial charge in [0, 0.05) is 12.5 Å². The molecule has 3 nitrogen and oxygen atoms in total. The molecule has 0 spiro atoms. The summed E-state index contributed by atoms with van der Waals surface area (Å²) >= 11 is 0. The van der Waals surface area contributed by atoms with Gasteiger partial charge in [-0.05, 0) is 24.1 Å². The normalized spacial score (nSPS) is 24.5. The van der Waals surface area contributed by atoms with Gasteiger partial charge in [-0.25, -0.2) is 4.39 Å². The third kappa shape index (κ3) is 3.03. The number of amides is 1.